The number of rotatable bonds is 3. The molecule has 2 N–H and O–H groups in total. The van der Waals surface area contributed by atoms with E-state index in [0.717, 1.165) is 25.5 Å². The average molecular weight is 223 g/mol. The van der Waals surface area contributed by atoms with Crippen LogP contribution in [0.3, 0.4) is 0 Å². The van der Waals surface area contributed by atoms with Crippen molar-refractivity contribution in [2.45, 2.75) is 32.4 Å². The minimum absolute atomic E-state index is 0.331. The SMILES string of the molecule is CC(N)C1CCN(Cc2ncnn2C)CC1. The Balaban J connectivity index is 1.84. The first-order chi connectivity index (χ1) is 7.66. The van der Waals surface area contributed by atoms with Gasteiger partial charge in [0.2, 0.25) is 0 Å². The Labute approximate surface area is 96.6 Å². The van der Waals surface area contributed by atoms with Crippen LogP contribution >= 0.6 is 0 Å². The lowest BCUT2D eigenvalue weighted by atomic mass is 9.91. The van der Waals surface area contributed by atoms with Gasteiger partial charge in [-0.15, -0.1) is 0 Å². The number of aromatic nitrogens is 3. The minimum Gasteiger partial charge on any atom is -0.328 e. The highest BCUT2D eigenvalue weighted by molar-refractivity contribution is 4.86. The van der Waals surface area contributed by atoms with Gasteiger partial charge in [-0.25, -0.2) is 4.98 Å². The lowest BCUT2D eigenvalue weighted by molar-refractivity contribution is 0.161. The van der Waals surface area contributed by atoms with Crippen molar-refractivity contribution in [3.05, 3.63) is 12.2 Å². The molecule has 1 aliphatic rings. The lowest BCUT2D eigenvalue weighted by Crippen LogP contribution is -2.39. The van der Waals surface area contributed by atoms with Gasteiger partial charge in [-0.2, -0.15) is 5.10 Å². The third-order valence-corrected chi connectivity index (χ3v) is 3.55. The number of aryl methyl sites for hydroxylation is 1. The van der Waals surface area contributed by atoms with Crippen LogP contribution in [0.25, 0.3) is 0 Å². The number of nitrogens with zero attached hydrogens (tertiary/aromatic N) is 4. The van der Waals surface area contributed by atoms with Crippen LogP contribution in [0.15, 0.2) is 6.33 Å². The Bertz CT molecular complexity index is 325. The largest absolute Gasteiger partial charge is 0.328 e. The summed E-state index contributed by atoms with van der Waals surface area (Å²) in [6.45, 7) is 5.27. The second-order valence-corrected chi connectivity index (χ2v) is 4.77. The van der Waals surface area contributed by atoms with Gasteiger partial charge in [0.25, 0.3) is 0 Å². The second kappa shape index (κ2) is 4.93. The molecule has 0 spiro atoms. The van der Waals surface area contributed by atoms with Crippen LogP contribution in [0.5, 0.6) is 0 Å². The Morgan fingerprint density at radius 3 is 2.69 bits per heavy atom. The maximum Gasteiger partial charge on any atom is 0.140 e. The van der Waals surface area contributed by atoms with E-state index < -0.39 is 0 Å². The molecule has 0 saturated carbocycles. The summed E-state index contributed by atoms with van der Waals surface area (Å²) in [5.41, 5.74) is 5.93. The molecule has 1 aromatic heterocycles. The van der Waals surface area contributed by atoms with Crippen LogP contribution in [0.2, 0.25) is 0 Å². The molecule has 5 nitrogen and oxygen atoms in total. The van der Waals surface area contributed by atoms with Gasteiger partial charge in [-0.05, 0) is 38.8 Å². The van der Waals surface area contributed by atoms with Crippen LogP contribution in [-0.2, 0) is 13.6 Å². The average Bonchev–Trinajstić information content (AvgIpc) is 2.65. The van der Waals surface area contributed by atoms with Crippen LogP contribution in [0.1, 0.15) is 25.6 Å². The van der Waals surface area contributed by atoms with Crippen molar-refractivity contribution in [3.8, 4) is 0 Å². The number of hydrogen-bond donors (Lipinski definition) is 1. The normalized spacial score (nSPS) is 21.2. The van der Waals surface area contributed by atoms with E-state index in [1.807, 2.05) is 11.7 Å². The van der Waals surface area contributed by atoms with Crippen LogP contribution in [0.4, 0.5) is 0 Å². The molecule has 0 amide bonds. The topological polar surface area (TPSA) is 60.0 Å². The zero-order chi connectivity index (χ0) is 11.5. The summed E-state index contributed by atoms with van der Waals surface area (Å²) < 4.78 is 1.84. The number of nitrogens with two attached hydrogens (primary N) is 1. The zero-order valence-corrected chi connectivity index (χ0v) is 10.1. The van der Waals surface area contributed by atoms with Crippen molar-refractivity contribution in [2.75, 3.05) is 13.1 Å². The molecule has 5 heteroatoms. The van der Waals surface area contributed by atoms with E-state index >= 15 is 0 Å². The van der Waals surface area contributed by atoms with E-state index in [0.29, 0.717) is 12.0 Å². The fourth-order valence-corrected chi connectivity index (χ4v) is 2.30. The fraction of sp³-hybridized carbons (Fsp3) is 0.818. The Morgan fingerprint density at radius 1 is 1.50 bits per heavy atom. The third kappa shape index (κ3) is 2.59. The fourth-order valence-electron chi connectivity index (χ4n) is 2.30. The first-order valence-electron chi connectivity index (χ1n) is 5.97. The summed E-state index contributed by atoms with van der Waals surface area (Å²) >= 11 is 0. The molecule has 1 atom stereocenters. The Hall–Kier alpha value is -0.940. The van der Waals surface area contributed by atoms with Crippen LogP contribution in [0, 0.1) is 5.92 Å². The molecule has 2 rings (SSSR count). The van der Waals surface area contributed by atoms with Crippen molar-refractivity contribution in [1.29, 1.82) is 0 Å². The van der Waals surface area contributed by atoms with Crippen molar-refractivity contribution in [2.24, 2.45) is 18.7 Å². The minimum atomic E-state index is 0.331. The standard InChI is InChI=1S/C11H21N5/c1-9(12)10-3-5-16(6-4-10)7-11-13-8-14-15(11)2/h8-10H,3-7,12H2,1-2H3. The monoisotopic (exact) mass is 223 g/mol. The summed E-state index contributed by atoms with van der Waals surface area (Å²) in [7, 11) is 1.94. The molecule has 16 heavy (non-hydrogen) atoms. The molecule has 0 aromatic carbocycles. The molecule has 0 radical (unpaired) electrons. The van der Waals surface area contributed by atoms with E-state index in [9.17, 15) is 0 Å². The molecule has 0 aliphatic carbocycles. The molecular formula is C11H21N5. The molecule has 0 bridgehead atoms. The number of piperidine rings is 1. The molecule has 1 unspecified atom stereocenters. The van der Waals surface area contributed by atoms with Crippen molar-refractivity contribution >= 4 is 0 Å². The van der Waals surface area contributed by atoms with Crippen molar-refractivity contribution in [1.82, 2.24) is 19.7 Å². The zero-order valence-electron chi connectivity index (χ0n) is 10.1. The Morgan fingerprint density at radius 2 is 2.19 bits per heavy atom. The third-order valence-electron chi connectivity index (χ3n) is 3.55. The van der Waals surface area contributed by atoms with E-state index in [2.05, 4.69) is 21.9 Å². The highest BCUT2D eigenvalue weighted by atomic mass is 15.3. The molecule has 90 valence electrons. The summed E-state index contributed by atoms with van der Waals surface area (Å²) in [6.07, 6.45) is 4.02. The molecule has 1 fully saturated rings. The number of hydrogen-bond acceptors (Lipinski definition) is 4. The second-order valence-electron chi connectivity index (χ2n) is 4.77. The highest BCUT2D eigenvalue weighted by Gasteiger charge is 2.22. The summed E-state index contributed by atoms with van der Waals surface area (Å²) in [6, 6.07) is 0.331. The predicted octanol–water partition coefficient (Wildman–Crippen LogP) is 0.374. The van der Waals surface area contributed by atoms with Crippen LogP contribution < -0.4 is 5.73 Å². The number of likely N-dealkylation sites (tertiary alicyclic amines) is 1. The quantitative estimate of drug-likeness (QED) is 0.804. The summed E-state index contributed by atoms with van der Waals surface area (Å²) in [4.78, 5) is 6.68. The first kappa shape index (κ1) is 11.5. The van der Waals surface area contributed by atoms with E-state index in [-0.39, 0.29) is 0 Å². The molecule has 2 heterocycles. The van der Waals surface area contributed by atoms with Crippen molar-refractivity contribution < 1.29 is 0 Å². The molecule has 1 aliphatic heterocycles. The smallest absolute Gasteiger partial charge is 0.140 e. The van der Waals surface area contributed by atoms with E-state index in [4.69, 9.17) is 5.73 Å². The van der Waals surface area contributed by atoms with Gasteiger partial charge in [0.05, 0.1) is 6.54 Å². The van der Waals surface area contributed by atoms with Gasteiger partial charge in [0, 0.05) is 13.1 Å². The summed E-state index contributed by atoms with van der Waals surface area (Å²) in [5.74, 6) is 1.73. The van der Waals surface area contributed by atoms with E-state index in [1.54, 1.807) is 6.33 Å². The van der Waals surface area contributed by atoms with Gasteiger partial charge in [0.1, 0.15) is 12.2 Å². The molecule has 1 aromatic rings. The maximum atomic E-state index is 5.93. The van der Waals surface area contributed by atoms with Gasteiger partial charge in [-0.3, -0.25) is 9.58 Å². The van der Waals surface area contributed by atoms with Gasteiger partial charge in [0.15, 0.2) is 0 Å². The summed E-state index contributed by atoms with van der Waals surface area (Å²) in [5, 5.41) is 4.08. The van der Waals surface area contributed by atoms with E-state index in [1.165, 1.54) is 12.8 Å². The van der Waals surface area contributed by atoms with Crippen LogP contribution in [-0.4, -0.2) is 38.8 Å². The van der Waals surface area contributed by atoms with Gasteiger partial charge >= 0.3 is 0 Å². The first-order valence-corrected chi connectivity index (χ1v) is 5.97. The van der Waals surface area contributed by atoms with Crippen molar-refractivity contribution in [3.63, 3.8) is 0 Å². The predicted molar refractivity (Wildman–Crippen MR) is 62.7 cm³/mol. The molecule has 1 saturated heterocycles. The van der Waals surface area contributed by atoms with Gasteiger partial charge in [-0.1, -0.05) is 0 Å². The lowest BCUT2D eigenvalue weighted by Gasteiger charge is -2.33. The molecular weight excluding hydrogens is 202 g/mol. The van der Waals surface area contributed by atoms with Gasteiger partial charge < -0.3 is 5.73 Å². The highest BCUT2D eigenvalue weighted by Crippen LogP contribution is 2.20. The Kier molecular flexibility index (Phi) is 3.56. The maximum absolute atomic E-state index is 5.93.